The number of amides is 2. The molecule has 1 aromatic rings. The van der Waals surface area contributed by atoms with Gasteiger partial charge in [-0.3, -0.25) is 9.59 Å². The van der Waals surface area contributed by atoms with Crippen LogP contribution in [0.1, 0.15) is 12.0 Å². The average molecular weight is 325 g/mol. The number of allylic oxidation sites excluding steroid dienone is 2. The molecule has 1 aliphatic heterocycles. The summed E-state index contributed by atoms with van der Waals surface area (Å²) in [7, 11) is 0. The molecule has 120 valence electrons. The van der Waals surface area contributed by atoms with E-state index < -0.39 is 41.2 Å². The van der Waals surface area contributed by atoms with Gasteiger partial charge in [0.15, 0.2) is 0 Å². The fraction of sp³-hybridized carbons (Fsp3) is 0.375. The van der Waals surface area contributed by atoms with Gasteiger partial charge in [-0.05, 0) is 36.5 Å². The molecule has 0 N–H and O–H groups in total. The summed E-state index contributed by atoms with van der Waals surface area (Å²) >= 11 is 0. The van der Waals surface area contributed by atoms with E-state index in [-0.39, 0.29) is 17.5 Å². The number of rotatable bonds is 1. The number of hydrogen-bond acceptors (Lipinski definition) is 2. The highest BCUT2D eigenvalue weighted by Crippen LogP contribution is 2.53. The van der Waals surface area contributed by atoms with Gasteiger partial charge in [0.2, 0.25) is 11.8 Å². The molecule has 0 radical (unpaired) electrons. The fourth-order valence-corrected chi connectivity index (χ4v) is 4.03. The van der Waals surface area contributed by atoms with E-state index in [0.717, 1.165) is 17.4 Å². The Morgan fingerprint density at radius 2 is 1.57 bits per heavy atom. The topological polar surface area (TPSA) is 37.4 Å². The second-order valence-corrected chi connectivity index (χ2v) is 6.17. The number of alkyl halides is 3. The Kier molecular flexibility index (Phi) is 2.77. The normalized spacial score (nSPS) is 32.1. The van der Waals surface area contributed by atoms with Crippen LogP contribution in [0.4, 0.5) is 23.2 Å². The summed E-state index contributed by atoms with van der Waals surface area (Å²) < 4.78 is 51.9. The van der Waals surface area contributed by atoms with Crippen LogP contribution < -0.4 is 4.90 Å². The minimum Gasteiger partial charge on any atom is -0.274 e. The van der Waals surface area contributed by atoms with E-state index in [1.54, 1.807) is 0 Å². The first-order valence-electron chi connectivity index (χ1n) is 7.22. The van der Waals surface area contributed by atoms with Crippen LogP contribution in [0.5, 0.6) is 0 Å². The van der Waals surface area contributed by atoms with E-state index in [9.17, 15) is 27.2 Å². The summed E-state index contributed by atoms with van der Waals surface area (Å²) in [6.07, 6.45) is -0.362. The number of carbonyl (C=O) groups is 2. The zero-order chi connectivity index (χ0) is 16.5. The highest BCUT2D eigenvalue weighted by atomic mass is 19.4. The van der Waals surface area contributed by atoms with Crippen LogP contribution in [0.2, 0.25) is 0 Å². The zero-order valence-corrected chi connectivity index (χ0v) is 11.7. The molecule has 2 amide bonds. The van der Waals surface area contributed by atoms with Crippen molar-refractivity contribution < 1.29 is 27.2 Å². The van der Waals surface area contributed by atoms with Gasteiger partial charge in [-0.15, -0.1) is 0 Å². The molecule has 3 nitrogen and oxygen atoms in total. The van der Waals surface area contributed by atoms with Crippen LogP contribution in [0.25, 0.3) is 0 Å². The van der Waals surface area contributed by atoms with Gasteiger partial charge in [0.05, 0.1) is 23.1 Å². The Hall–Kier alpha value is -2.18. The lowest BCUT2D eigenvalue weighted by Gasteiger charge is -2.19. The monoisotopic (exact) mass is 325 g/mol. The molecule has 4 rings (SSSR count). The predicted octanol–water partition coefficient (Wildman–Crippen LogP) is 3.16. The molecule has 1 saturated carbocycles. The zero-order valence-electron chi connectivity index (χ0n) is 11.7. The SMILES string of the molecule is O=C1[C@@H]2[C@H](C(=O)N1c1ccc(F)c(C(F)(F)F)c1)[C@@H]1C=C[C@H]2C1. The lowest BCUT2D eigenvalue weighted by molar-refractivity contribution is -0.140. The van der Waals surface area contributed by atoms with Crippen molar-refractivity contribution in [1.29, 1.82) is 0 Å². The van der Waals surface area contributed by atoms with Gasteiger partial charge < -0.3 is 0 Å². The summed E-state index contributed by atoms with van der Waals surface area (Å²) in [4.78, 5) is 25.8. The van der Waals surface area contributed by atoms with Crippen LogP contribution in [-0.2, 0) is 15.8 Å². The lowest BCUT2D eigenvalue weighted by atomic mass is 9.85. The van der Waals surface area contributed by atoms with Gasteiger partial charge in [-0.2, -0.15) is 13.2 Å². The van der Waals surface area contributed by atoms with E-state index >= 15 is 0 Å². The molecule has 2 aliphatic carbocycles. The smallest absolute Gasteiger partial charge is 0.274 e. The molecule has 2 fully saturated rings. The Balaban J connectivity index is 1.75. The summed E-state index contributed by atoms with van der Waals surface area (Å²) in [5.74, 6) is -3.48. The first kappa shape index (κ1) is 14.4. The van der Waals surface area contributed by atoms with Crippen LogP contribution in [-0.4, -0.2) is 11.8 Å². The molecule has 0 unspecified atom stereocenters. The molecule has 0 aromatic heterocycles. The lowest BCUT2D eigenvalue weighted by Crippen LogP contribution is -2.33. The number of fused-ring (bicyclic) bond motifs is 5. The Bertz CT molecular complexity index is 725. The second-order valence-electron chi connectivity index (χ2n) is 6.17. The van der Waals surface area contributed by atoms with Gasteiger partial charge >= 0.3 is 6.18 Å². The summed E-state index contributed by atoms with van der Waals surface area (Å²) in [5.41, 5.74) is -1.70. The van der Waals surface area contributed by atoms with E-state index in [0.29, 0.717) is 12.1 Å². The van der Waals surface area contributed by atoms with E-state index in [1.165, 1.54) is 0 Å². The van der Waals surface area contributed by atoms with Crippen LogP contribution in [0.3, 0.4) is 0 Å². The van der Waals surface area contributed by atoms with Gasteiger partial charge in [0, 0.05) is 0 Å². The number of halogens is 4. The molecule has 1 saturated heterocycles. The molecule has 0 spiro atoms. The quantitative estimate of drug-likeness (QED) is 0.452. The van der Waals surface area contributed by atoms with Crippen LogP contribution >= 0.6 is 0 Å². The number of anilines is 1. The van der Waals surface area contributed by atoms with Crippen LogP contribution in [0, 0.1) is 29.5 Å². The van der Waals surface area contributed by atoms with Crippen molar-refractivity contribution >= 4 is 17.5 Å². The molecule has 2 bridgehead atoms. The minimum atomic E-state index is -4.89. The number of benzene rings is 1. The van der Waals surface area contributed by atoms with E-state index in [2.05, 4.69) is 0 Å². The van der Waals surface area contributed by atoms with E-state index in [1.807, 2.05) is 12.2 Å². The Labute approximate surface area is 128 Å². The van der Waals surface area contributed by atoms with Crippen molar-refractivity contribution in [1.82, 2.24) is 0 Å². The summed E-state index contributed by atoms with van der Waals surface area (Å²) in [6.45, 7) is 0. The second kappa shape index (κ2) is 4.43. The number of carbonyl (C=O) groups excluding carboxylic acids is 2. The minimum absolute atomic E-state index is 0.0333. The molecular formula is C16H11F4NO2. The first-order chi connectivity index (χ1) is 10.8. The standard InChI is InChI=1S/C16H11F4NO2/c17-11-4-3-9(6-10(11)16(18,19)20)21-14(22)12-7-1-2-8(5-7)13(12)15(21)23/h1-4,6-8,12-13H,5H2/t7-,8+,12-,13+. The molecule has 7 heteroatoms. The van der Waals surface area contributed by atoms with Crippen molar-refractivity contribution in [2.45, 2.75) is 12.6 Å². The van der Waals surface area contributed by atoms with Crippen molar-refractivity contribution in [2.24, 2.45) is 23.7 Å². The van der Waals surface area contributed by atoms with Crippen molar-refractivity contribution in [3.63, 3.8) is 0 Å². The molecule has 4 atom stereocenters. The maximum Gasteiger partial charge on any atom is 0.419 e. The van der Waals surface area contributed by atoms with Gasteiger partial charge in [-0.25, -0.2) is 9.29 Å². The Morgan fingerprint density at radius 3 is 2.09 bits per heavy atom. The Morgan fingerprint density at radius 1 is 1.00 bits per heavy atom. The molecular weight excluding hydrogens is 314 g/mol. The molecule has 3 aliphatic rings. The third-order valence-corrected chi connectivity index (χ3v) is 4.98. The van der Waals surface area contributed by atoms with E-state index in [4.69, 9.17) is 0 Å². The molecule has 23 heavy (non-hydrogen) atoms. The number of hydrogen-bond donors (Lipinski definition) is 0. The van der Waals surface area contributed by atoms with Gasteiger partial charge in [0.1, 0.15) is 5.82 Å². The summed E-state index contributed by atoms with van der Waals surface area (Å²) in [6, 6.07) is 2.21. The number of nitrogens with zero attached hydrogens (tertiary/aromatic N) is 1. The fourth-order valence-electron chi connectivity index (χ4n) is 4.03. The molecule has 1 heterocycles. The van der Waals surface area contributed by atoms with Gasteiger partial charge in [-0.1, -0.05) is 12.2 Å². The van der Waals surface area contributed by atoms with Gasteiger partial charge in [0.25, 0.3) is 0 Å². The third-order valence-electron chi connectivity index (χ3n) is 4.98. The van der Waals surface area contributed by atoms with Crippen molar-refractivity contribution in [2.75, 3.05) is 4.90 Å². The maximum absolute atomic E-state index is 13.4. The van der Waals surface area contributed by atoms with Crippen molar-refractivity contribution in [3.05, 3.63) is 41.7 Å². The maximum atomic E-state index is 13.4. The summed E-state index contributed by atoms with van der Waals surface area (Å²) in [5, 5.41) is 0. The van der Waals surface area contributed by atoms with Crippen molar-refractivity contribution in [3.8, 4) is 0 Å². The first-order valence-corrected chi connectivity index (χ1v) is 7.22. The largest absolute Gasteiger partial charge is 0.419 e. The number of imide groups is 1. The average Bonchev–Trinajstić information content (AvgIpc) is 3.13. The highest BCUT2D eigenvalue weighted by Gasteiger charge is 2.59. The molecule has 1 aromatic carbocycles. The highest BCUT2D eigenvalue weighted by molar-refractivity contribution is 6.22. The third kappa shape index (κ3) is 1.88. The predicted molar refractivity (Wildman–Crippen MR) is 71.6 cm³/mol. The van der Waals surface area contributed by atoms with Crippen LogP contribution in [0.15, 0.2) is 30.4 Å².